The van der Waals surface area contributed by atoms with Crippen LogP contribution in [0.25, 0.3) is 10.4 Å². The molecule has 2 aromatic rings. The highest BCUT2D eigenvalue weighted by molar-refractivity contribution is 7.13. The molecular weight excluding hydrogens is 304 g/mol. The molecule has 1 aromatic heterocycles. The number of nitriles is 1. The van der Waals surface area contributed by atoms with Gasteiger partial charge in [0.2, 0.25) is 0 Å². The minimum atomic E-state index is -1.14. The number of carbonyl (C=O) groups excluding carboxylic acids is 1. The molecule has 0 saturated carbocycles. The molecule has 1 aromatic carbocycles. The van der Waals surface area contributed by atoms with Gasteiger partial charge in [-0.15, -0.1) is 11.3 Å². The molecule has 0 spiro atoms. The summed E-state index contributed by atoms with van der Waals surface area (Å²) >= 11 is 1.30. The van der Waals surface area contributed by atoms with Crippen molar-refractivity contribution in [3.63, 3.8) is 0 Å². The largest absolute Gasteiger partial charge is 0.465 e. The molecule has 0 saturated heterocycles. The molecule has 2 rings (SSSR count). The number of nitrogens with zero attached hydrogens (tertiary/aromatic N) is 2. The van der Waals surface area contributed by atoms with E-state index in [1.54, 1.807) is 29.8 Å². The Balaban J connectivity index is 2.10. The molecule has 0 fully saturated rings. The van der Waals surface area contributed by atoms with Crippen molar-refractivity contribution in [1.82, 2.24) is 15.6 Å². The van der Waals surface area contributed by atoms with E-state index in [1.807, 2.05) is 0 Å². The van der Waals surface area contributed by atoms with E-state index < -0.39 is 6.09 Å². The number of hydrogen-bond donors (Lipinski definition) is 3. The zero-order chi connectivity index (χ0) is 15.9. The summed E-state index contributed by atoms with van der Waals surface area (Å²) in [6.07, 6.45) is -1.14. The molecule has 2 amide bonds. The van der Waals surface area contributed by atoms with Crippen molar-refractivity contribution in [2.45, 2.75) is 0 Å². The molecule has 0 unspecified atom stereocenters. The fraction of sp³-hybridized carbons (Fsp3) is 0.143. The lowest BCUT2D eigenvalue weighted by atomic mass is 10.1. The molecule has 0 aliphatic rings. The van der Waals surface area contributed by atoms with E-state index in [0.717, 1.165) is 5.56 Å². The molecule has 22 heavy (non-hydrogen) atoms. The Morgan fingerprint density at radius 1 is 1.32 bits per heavy atom. The van der Waals surface area contributed by atoms with Crippen LogP contribution in [0.15, 0.2) is 29.8 Å². The number of amides is 2. The first kappa shape index (κ1) is 15.5. The van der Waals surface area contributed by atoms with Crippen molar-refractivity contribution in [3.05, 3.63) is 41.0 Å². The average Bonchev–Trinajstić information content (AvgIpc) is 3.01. The molecule has 7 nitrogen and oxygen atoms in total. The molecule has 112 valence electrons. The van der Waals surface area contributed by atoms with Crippen LogP contribution < -0.4 is 10.6 Å². The first-order chi connectivity index (χ1) is 10.6. The summed E-state index contributed by atoms with van der Waals surface area (Å²) in [6.45, 7) is 0.283. The molecule has 8 heteroatoms. The maximum atomic E-state index is 12.1. The van der Waals surface area contributed by atoms with Gasteiger partial charge in [-0.05, 0) is 17.7 Å². The first-order valence-electron chi connectivity index (χ1n) is 6.31. The van der Waals surface area contributed by atoms with E-state index in [1.165, 1.54) is 11.3 Å². The van der Waals surface area contributed by atoms with Crippen LogP contribution in [-0.2, 0) is 0 Å². The van der Waals surface area contributed by atoms with Crippen LogP contribution >= 0.6 is 11.3 Å². The second-order valence-corrected chi connectivity index (χ2v) is 5.07. The predicted molar refractivity (Wildman–Crippen MR) is 80.6 cm³/mol. The van der Waals surface area contributed by atoms with Crippen molar-refractivity contribution in [3.8, 4) is 16.5 Å². The summed E-state index contributed by atoms with van der Waals surface area (Å²) in [6, 6.07) is 8.97. The smallest absolute Gasteiger partial charge is 0.404 e. The molecule has 0 aliphatic heterocycles. The van der Waals surface area contributed by atoms with Crippen LogP contribution in [0.1, 0.15) is 16.1 Å². The van der Waals surface area contributed by atoms with Gasteiger partial charge in [-0.25, -0.2) is 9.78 Å². The number of carbonyl (C=O) groups is 2. The second kappa shape index (κ2) is 7.19. The van der Waals surface area contributed by atoms with E-state index in [-0.39, 0.29) is 24.7 Å². The highest BCUT2D eigenvalue weighted by atomic mass is 32.1. The molecular formula is C14H12N4O3S. The average molecular weight is 316 g/mol. The first-order valence-corrected chi connectivity index (χ1v) is 7.19. The summed E-state index contributed by atoms with van der Waals surface area (Å²) in [5.41, 5.74) is 3.06. The number of thiazole rings is 1. The number of benzene rings is 1. The van der Waals surface area contributed by atoms with Gasteiger partial charge in [0.15, 0.2) is 0 Å². The maximum absolute atomic E-state index is 12.1. The van der Waals surface area contributed by atoms with Crippen LogP contribution in [-0.4, -0.2) is 35.2 Å². The standard InChI is InChI=1S/C14H12N4O3S/c15-7-9-2-1-3-10(6-9)12-11(18-8-22-12)13(19)16-4-5-17-14(20)21/h1-3,6,8,17H,4-5H2,(H,16,19)(H,20,21). The van der Waals surface area contributed by atoms with E-state index in [4.69, 9.17) is 10.4 Å². The molecule has 0 aliphatic carbocycles. The molecule has 0 atom stereocenters. The molecule has 0 radical (unpaired) electrons. The van der Waals surface area contributed by atoms with Crippen LogP contribution in [0.4, 0.5) is 4.79 Å². The minimum absolute atomic E-state index is 0.116. The van der Waals surface area contributed by atoms with Crippen molar-refractivity contribution in [1.29, 1.82) is 5.26 Å². The van der Waals surface area contributed by atoms with Gasteiger partial charge >= 0.3 is 6.09 Å². The normalized spacial score (nSPS) is 9.77. The van der Waals surface area contributed by atoms with Crippen LogP contribution in [0.5, 0.6) is 0 Å². The van der Waals surface area contributed by atoms with Crippen LogP contribution in [0.2, 0.25) is 0 Å². The second-order valence-electron chi connectivity index (χ2n) is 4.21. The third-order valence-corrected chi connectivity index (χ3v) is 3.60. The van der Waals surface area contributed by atoms with Crippen molar-refractivity contribution >= 4 is 23.3 Å². The lowest BCUT2D eigenvalue weighted by molar-refractivity contribution is 0.0949. The van der Waals surface area contributed by atoms with Crippen molar-refractivity contribution in [2.24, 2.45) is 0 Å². The summed E-state index contributed by atoms with van der Waals surface area (Å²) in [7, 11) is 0. The van der Waals surface area contributed by atoms with Gasteiger partial charge in [-0.2, -0.15) is 5.26 Å². The number of carboxylic acid groups (broad SMARTS) is 1. The van der Waals surface area contributed by atoms with Gasteiger partial charge in [0.25, 0.3) is 5.91 Å². The molecule has 3 N–H and O–H groups in total. The number of rotatable bonds is 5. The molecule has 0 bridgehead atoms. The van der Waals surface area contributed by atoms with E-state index in [2.05, 4.69) is 21.7 Å². The monoisotopic (exact) mass is 316 g/mol. The van der Waals surface area contributed by atoms with Crippen LogP contribution in [0, 0.1) is 11.3 Å². The summed E-state index contributed by atoms with van der Waals surface area (Å²) in [5.74, 6) is -0.384. The zero-order valence-corrected chi connectivity index (χ0v) is 12.2. The fourth-order valence-electron chi connectivity index (χ4n) is 1.77. The summed E-state index contributed by atoms with van der Waals surface area (Å²) in [4.78, 5) is 27.1. The number of aromatic nitrogens is 1. The van der Waals surface area contributed by atoms with E-state index >= 15 is 0 Å². The van der Waals surface area contributed by atoms with E-state index in [9.17, 15) is 9.59 Å². The third-order valence-electron chi connectivity index (χ3n) is 2.72. The SMILES string of the molecule is N#Cc1cccc(-c2scnc2C(=O)NCCNC(=O)O)c1. The van der Waals surface area contributed by atoms with Gasteiger partial charge in [-0.3, -0.25) is 4.79 Å². The van der Waals surface area contributed by atoms with Gasteiger partial charge in [0.1, 0.15) is 5.69 Å². The van der Waals surface area contributed by atoms with Gasteiger partial charge in [0.05, 0.1) is 22.0 Å². The number of nitrogens with one attached hydrogen (secondary N) is 2. The summed E-state index contributed by atoms with van der Waals surface area (Å²) < 4.78 is 0. The van der Waals surface area contributed by atoms with Crippen molar-refractivity contribution < 1.29 is 14.7 Å². The highest BCUT2D eigenvalue weighted by Gasteiger charge is 2.16. The number of hydrogen-bond acceptors (Lipinski definition) is 5. The van der Waals surface area contributed by atoms with Gasteiger partial charge in [0, 0.05) is 13.1 Å². The van der Waals surface area contributed by atoms with Gasteiger partial charge in [-0.1, -0.05) is 12.1 Å². The Morgan fingerprint density at radius 2 is 2.09 bits per heavy atom. The third kappa shape index (κ3) is 3.80. The van der Waals surface area contributed by atoms with Crippen LogP contribution in [0.3, 0.4) is 0 Å². The van der Waals surface area contributed by atoms with Crippen molar-refractivity contribution in [2.75, 3.05) is 13.1 Å². The van der Waals surface area contributed by atoms with Gasteiger partial charge < -0.3 is 15.7 Å². The Hall–Kier alpha value is -2.92. The molecule has 1 heterocycles. The fourth-order valence-corrected chi connectivity index (χ4v) is 2.56. The van der Waals surface area contributed by atoms with E-state index in [0.29, 0.717) is 10.4 Å². The Morgan fingerprint density at radius 3 is 2.82 bits per heavy atom. The lowest BCUT2D eigenvalue weighted by Crippen LogP contribution is -2.34. The lowest BCUT2D eigenvalue weighted by Gasteiger charge is -2.05. The predicted octanol–water partition coefficient (Wildman–Crippen LogP) is 1.68. The highest BCUT2D eigenvalue weighted by Crippen LogP contribution is 2.28. The topological polar surface area (TPSA) is 115 Å². The minimum Gasteiger partial charge on any atom is -0.465 e. The quantitative estimate of drug-likeness (QED) is 0.726. The zero-order valence-electron chi connectivity index (χ0n) is 11.4. The Kier molecular flexibility index (Phi) is 5.06. The Bertz CT molecular complexity index is 736. The maximum Gasteiger partial charge on any atom is 0.404 e. The Labute approximate surface area is 130 Å². The summed E-state index contributed by atoms with van der Waals surface area (Å²) in [5, 5.41) is 22.1.